The van der Waals surface area contributed by atoms with E-state index in [4.69, 9.17) is 5.73 Å². The number of rotatable bonds is 3. The Bertz CT molecular complexity index is 884. The number of nitrogens with one attached hydrogen (secondary N) is 1. The molecule has 0 radical (unpaired) electrons. The van der Waals surface area contributed by atoms with Gasteiger partial charge in [0.05, 0.1) is 15.1 Å². The zero-order chi connectivity index (χ0) is 15.0. The number of anilines is 2. The minimum absolute atomic E-state index is 0.129. The van der Waals surface area contributed by atoms with E-state index < -0.39 is 10.0 Å². The summed E-state index contributed by atoms with van der Waals surface area (Å²) in [5, 5.41) is 0.343. The second kappa shape index (κ2) is 5.01. The fraction of sp³-hybridized carbons (Fsp3) is 0.0714. The van der Waals surface area contributed by atoms with Crippen LogP contribution in [0.2, 0.25) is 0 Å². The highest BCUT2D eigenvalue weighted by Gasteiger charge is 2.17. The van der Waals surface area contributed by atoms with Gasteiger partial charge in [-0.3, -0.25) is 4.72 Å². The van der Waals surface area contributed by atoms with Gasteiger partial charge in [0.15, 0.2) is 5.13 Å². The summed E-state index contributed by atoms with van der Waals surface area (Å²) in [6.45, 7) is 1.83. The number of sulfonamides is 1. The van der Waals surface area contributed by atoms with Crippen LogP contribution in [-0.2, 0) is 10.0 Å². The van der Waals surface area contributed by atoms with Crippen LogP contribution in [-0.4, -0.2) is 13.4 Å². The van der Waals surface area contributed by atoms with Crippen molar-refractivity contribution in [3.05, 3.63) is 48.0 Å². The number of hydrogen-bond donors (Lipinski definition) is 2. The number of fused-ring (bicyclic) bond motifs is 1. The Hall–Kier alpha value is -2.12. The summed E-state index contributed by atoms with van der Waals surface area (Å²) >= 11 is 1.29. The first-order valence-electron chi connectivity index (χ1n) is 6.20. The van der Waals surface area contributed by atoms with Gasteiger partial charge in [-0.2, -0.15) is 0 Å². The molecule has 0 unspecified atom stereocenters. The van der Waals surface area contributed by atoms with Crippen molar-refractivity contribution >= 4 is 42.4 Å². The number of benzene rings is 2. The van der Waals surface area contributed by atoms with Crippen LogP contribution in [0.1, 0.15) is 5.56 Å². The fourth-order valence-electron chi connectivity index (χ4n) is 1.88. The molecule has 0 spiro atoms. The first kappa shape index (κ1) is 13.8. The highest BCUT2D eigenvalue weighted by Crippen LogP contribution is 2.28. The molecule has 2 aromatic carbocycles. The van der Waals surface area contributed by atoms with E-state index in [-0.39, 0.29) is 4.90 Å². The first-order valence-corrected chi connectivity index (χ1v) is 8.50. The molecule has 0 saturated heterocycles. The van der Waals surface area contributed by atoms with Crippen molar-refractivity contribution in [3.8, 4) is 0 Å². The first-order chi connectivity index (χ1) is 9.95. The molecule has 0 saturated carbocycles. The maximum atomic E-state index is 12.3. The van der Waals surface area contributed by atoms with Crippen LogP contribution in [0, 0.1) is 6.92 Å². The van der Waals surface area contributed by atoms with Crippen molar-refractivity contribution in [2.45, 2.75) is 11.8 Å². The number of nitrogens with two attached hydrogens (primary N) is 1. The molecule has 0 fully saturated rings. The molecule has 0 aliphatic carbocycles. The minimum atomic E-state index is -3.68. The summed E-state index contributed by atoms with van der Waals surface area (Å²) in [6, 6.07) is 12.2. The van der Waals surface area contributed by atoms with Gasteiger partial charge >= 0.3 is 0 Å². The minimum Gasteiger partial charge on any atom is -0.398 e. The predicted molar refractivity (Wildman–Crippen MR) is 86.0 cm³/mol. The van der Waals surface area contributed by atoms with E-state index in [1.54, 1.807) is 6.07 Å². The Morgan fingerprint density at radius 2 is 1.95 bits per heavy atom. The van der Waals surface area contributed by atoms with Crippen molar-refractivity contribution in [3.63, 3.8) is 0 Å². The van der Waals surface area contributed by atoms with Crippen molar-refractivity contribution in [2.75, 3.05) is 10.5 Å². The Morgan fingerprint density at radius 3 is 2.67 bits per heavy atom. The molecule has 1 heterocycles. The summed E-state index contributed by atoms with van der Waals surface area (Å²) in [5.74, 6) is 0. The number of nitrogen functional groups attached to an aromatic ring is 1. The van der Waals surface area contributed by atoms with Crippen molar-refractivity contribution in [1.82, 2.24) is 4.98 Å². The average Bonchev–Trinajstić information content (AvgIpc) is 2.82. The lowest BCUT2D eigenvalue weighted by Crippen LogP contribution is -2.13. The van der Waals surface area contributed by atoms with E-state index in [0.29, 0.717) is 10.8 Å². The molecule has 0 bridgehead atoms. The van der Waals surface area contributed by atoms with Gasteiger partial charge < -0.3 is 5.73 Å². The van der Waals surface area contributed by atoms with E-state index in [2.05, 4.69) is 9.71 Å². The van der Waals surface area contributed by atoms with Crippen LogP contribution in [0.3, 0.4) is 0 Å². The number of hydrogen-bond acceptors (Lipinski definition) is 5. The Labute approximate surface area is 126 Å². The third-order valence-corrected chi connectivity index (χ3v) is 5.49. The van der Waals surface area contributed by atoms with E-state index in [0.717, 1.165) is 15.8 Å². The van der Waals surface area contributed by atoms with E-state index in [1.807, 2.05) is 31.2 Å². The molecule has 5 nitrogen and oxygen atoms in total. The zero-order valence-electron chi connectivity index (χ0n) is 11.2. The maximum absolute atomic E-state index is 12.3. The number of para-hydroxylation sites is 1. The largest absolute Gasteiger partial charge is 0.398 e. The lowest BCUT2D eigenvalue weighted by atomic mass is 10.2. The molecular formula is C14H13N3O2S2. The monoisotopic (exact) mass is 319 g/mol. The number of nitrogens with zero attached hydrogens (tertiary/aromatic N) is 1. The van der Waals surface area contributed by atoms with Crippen LogP contribution < -0.4 is 10.5 Å². The Morgan fingerprint density at radius 1 is 1.19 bits per heavy atom. The highest BCUT2D eigenvalue weighted by atomic mass is 32.2. The number of thiazole rings is 1. The van der Waals surface area contributed by atoms with Crippen LogP contribution >= 0.6 is 11.3 Å². The quantitative estimate of drug-likeness (QED) is 0.727. The molecule has 3 N–H and O–H groups in total. The SMILES string of the molecule is Cc1ccc(S(=O)(=O)Nc2nc3ccccc3s2)cc1N. The van der Waals surface area contributed by atoms with E-state index in [1.165, 1.54) is 23.5 Å². The topological polar surface area (TPSA) is 85.1 Å². The van der Waals surface area contributed by atoms with Crippen LogP contribution in [0.25, 0.3) is 10.2 Å². The van der Waals surface area contributed by atoms with Crippen molar-refractivity contribution in [2.24, 2.45) is 0 Å². The number of aryl methyl sites for hydroxylation is 1. The average molecular weight is 319 g/mol. The molecule has 0 amide bonds. The number of aromatic nitrogens is 1. The Balaban J connectivity index is 1.96. The van der Waals surface area contributed by atoms with Gasteiger partial charge in [0.2, 0.25) is 0 Å². The van der Waals surface area contributed by atoms with Gasteiger partial charge in [0.25, 0.3) is 10.0 Å². The Kier molecular flexibility index (Phi) is 3.30. The zero-order valence-corrected chi connectivity index (χ0v) is 12.8. The van der Waals surface area contributed by atoms with Gasteiger partial charge in [-0.05, 0) is 36.8 Å². The molecule has 1 aromatic heterocycles. The van der Waals surface area contributed by atoms with Gasteiger partial charge in [-0.1, -0.05) is 29.5 Å². The van der Waals surface area contributed by atoms with Crippen LogP contribution in [0.5, 0.6) is 0 Å². The summed E-state index contributed by atoms with van der Waals surface area (Å²) in [5.41, 5.74) is 7.82. The summed E-state index contributed by atoms with van der Waals surface area (Å²) < 4.78 is 28.1. The molecule has 3 rings (SSSR count). The molecule has 21 heavy (non-hydrogen) atoms. The van der Waals surface area contributed by atoms with Crippen molar-refractivity contribution < 1.29 is 8.42 Å². The molecule has 0 atom stereocenters. The molecule has 0 aliphatic heterocycles. The second-order valence-electron chi connectivity index (χ2n) is 4.61. The van der Waals surface area contributed by atoms with Crippen LogP contribution in [0.4, 0.5) is 10.8 Å². The third kappa shape index (κ3) is 2.70. The standard InChI is InChI=1S/C14H13N3O2S2/c1-9-6-7-10(8-11(9)15)21(18,19)17-14-16-12-4-2-3-5-13(12)20-14/h2-8H,15H2,1H3,(H,16,17). The van der Waals surface area contributed by atoms with E-state index >= 15 is 0 Å². The van der Waals surface area contributed by atoms with E-state index in [9.17, 15) is 8.42 Å². The molecule has 3 aromatic rings. The highest BCUT2D eigenvalue weighted by molar-refractivity contribution is 7.93. The smallest absolute Gasteiger partial charge is 0.263 e. The molecular weight excluding hydrogens is 306 g/mol. The van der Waals surface area contributed by atoms with Gasteiger partial charge in [-0.15, -0.1) is 0 Å². The fourth-order valence-corrected chi connectivity index (χ4v) is 4.01. The predicted octanol–water partition coefficient (Wildman–Crippen LogP) is 2.99. The molecule has 0 aliphatic rings. The lowest BCUT2D eigenvalue weighted by molar-refractivity contribution is 0.601. The summed E-state index contributed by atoms with van der Waals surface area (Å²) in [7, 11) is -3.68. The van der Waals surface area contributed by atoms with Crippen LogP contribution in [0.15, 0.2) is 47.4 Å². The van der Waals surface area contributed by atoms with Gasteiger partial charge in [-0.25, -0.2) is 13.4 Å². The summed E-state index contributed by atoms with van der Waals surface area (Å²) in [6.07, 6.45) is 0. The third-order valence-electron chi connectivity index (χ3n) is 3.08. The normalized spacial score (nSPS) is 11.7. The van der Waals surface area contributed by atoms with Gasteiger partial charge in [0, 0.05) is 5.69 Å². The second-order valence-corrected chi connectivity index (χ2v) is 7.32. The molecule has 108 valence electrons. The van der Waals surface area contributed by atoms with Gasteiger partial charge in [0.1, 0.15) is 0 Å². The maximum Gasteiger partial charge on any atom is 0.263 e. The summed E-state index contributed by atoms with van der Waals surface area (Å²) in [4.78, 5) is 4.39. The van der Waals surface area contributed by atoms with Crippen molar-refractivity contribution in [1.29, 1.82) is 0 Å². The molecule has 7 heteroatoms. The lowest BCUT2D eigenvalue weighted by Gasteiger charge is -2.07.